The average Bonchev–Trinajstić information content (AvgIpc) is 2.09. The minimum atomic E-state index is -0.839. The minimum Gasteiger partial charge on any atom is -0.386 e. The Morgan fingerprint density at radius 1 is 1.46 bits per heavy atom. The Balaban J connectivity index is 2.75. The van der Waals surface area contributed by atoms with Gasteiger partial charge in [-0.3, -0.25) is 0 Å². The fraction of sp³-hybridized carbons (Fsp3) is 0.273. The van der Waals surface area contributed by atoms with Crippen LogP contribution in [0.15, 0.2) is 36.9 Å². The lowest BCUT2D eigenvalue weighted by atomic mass is 9.97. The van der Waals surface area contributed by atoms with E-state index >= 15 is 0 Å². The van der Waals surface area contributed by atoms with Crippen molar-refractivity contribution in [1.29, 1.82) is 0 Å². The lowest BCUT2D eigenvalue weighted by molar-refractivity contribution is 0.113. The van der Waals surface area contributed by atoms with Gasteiger partial charge in [0, 0.05) is 11.4 Å². The van der Waals surface area contributed by atoms with E-state index in [0.29, 0.717) is 11.4 Å². The van der Waals surface area contributed by atoms with Crippen molar-refractivity contribution in [3.05, 3.63) is 47.5 Å². The molecule has 1 aromatic carbocycles. The molecule has 1 N–H and O–H groups in total. The van der Waals surface area contributed by atoms with Crippen LogP contribution in [0.5, 0.6) is 0 Å². The molecule has 1 unspecified atom stereocenters. The van der Waals surface area contributed by atoms with Crippen LogP contribution >= 0.6 is 11.6 Å². The van der Waals surface area contributed by atoms with Crippen molar-refractivity contribution >= 4 is 11.6 Å². The Morgan fingerprint density at radius 3 is 2.46 bits per heavy atom. The first-order valence-corrected chi connectivity index (χ1v) is 4.52. The third-order valence-electron chi connectivity index (χ3n) is 1.92. The summed E-state index contributed by atoms with van der Waals surface area (Å²) in [6.07, 6.45) is 2.11. The molecular formula is C11H13ClO. The van der Waals surface area contributed by atoms with Gasteiger partial charge in [-0.25, -0.2) is 0 Å². The monoisotopic (exact) mass is 196 g/mol. The first-order chi connectivity index (χ1) is 6.03. The van der Waals surface area contributed by atoms with E-state index in [4.69, 9.17) is 11.6 Å². The van der Waals surface area contributed by atoms with Gasteiger partial charge < -0.3 is 5.11 Å². The molecule has 0 saturated heterocycles. The van der Waals surface area contributed by atoms with Crippen molar-refractivity contribution in [2.24, 2.45) is 0 Å². The first kappa shape index (κ1) is 10.3. The summed E-state index contributed by atoms with van der Waals surface area (Å²) in [5.41, 5.74) is 0.211. The molecule has 0 spiro atoms. The smallest absolute Gasteiger partial charge is 0.0837 e. The Bertz CT molecular complexity index is 287. The second-order valence-electron chi connectivity index (χ2n) is 3.36. The van der Waals surface area contributed by atoms with E-state index in [2.05, 4.69) is 6.58 Å². The average molecular weight is 197 g/mol. The highest BCUT2D eigenvalue weighted by Crippen LogP contribution is 2.16. The normalized spacial score (nSPS) is 15.0. The van der Waals surface area contributed by atoms with E-state index in [-0.39, 0.29) is 0 Å². The number of aliphatic hydroxyl groups is 1. The molecule has 0 aliphatic rings. The summed E-state index contributed by atoms with van der Waals surface area (Å²) in [5.74, 6) is 0. The van der Waals surface area contributed by atoms with E-state index < -0.39 is 5.60 Å². The maximum atomic E-state index is 9.69. The molecule has 70 valence electrons. The molecule has 0 fully saturated rings. The van der Waals surface area contributed by atoms with Crippen LogP contribution < -0.4 is 0 Å². The quantitative estimate of drug-likeness (QED) is 0.738. The summed E-state index contributed by atoms with van der Waals surface area (Å²) in [4.78, 5) is 0. The molecule has 1 aromatic rings. The molecular weight excluding hydrogens is 184 g/mol. The molecule has 1 atom stereocenters. The van der Waals surface area contributed by atoms with Crippen LogP contribution in [-0.4, -0.2) is 10.7 Å². The Hall–Kier alpha value is -0.790. The fourth-order valence-electron chi connectivity index (χ4n) is 1.09. The van der Waals surface area contributed by atoms with Gasteiger partial charge in [-0.05, 0) is 24.6 Å². The van der Waals surface area contributed by atoms with Gasteiger partial charge in [-0.1, -0.05) is 29.8 Å². The predicted molar refractivity (Wildman–Crippen MR) is 56.0 cm³/mol. The van der Waals surface area contributed by atoms with E-state index in [1.165, 1.54) is 0 Å². The number of hydrogen-bond acceptors (Lipinski definition) is 1. The van der Waals surface area contributed by atoms with Gasteiger partial charge in [0.25, 0.3) is 0 Å². The SMILES string of the molecule is C=CC(C)(O)Cc1ccc(Cl)cc1. The van der Waals surface area contributed by atoms with Gasteiger partial charge in [0.1, 0.15) is 0 Å². The standard InChI is InChI=1S/C11H13ClO/c1-3-11(2,13)8-9-4-6-10(12)7-5-9/h3-7,13H,1,8H2,2H3. The summed E-state index contributed by atoms with van der Waals surface area (Å²) in [6, 6.07) is 7.44. The lowest BCUT2D eigenvalue weighted by Crippen LogP contribution is -2.23. The summed E-state index contributed by atoms with van der Waals surface area (Å²) in [7, 11) is 0. The summed E-state index contributed by atoms with van der Waals surface area (Å²) in [5, 5.41) is 10.4. The number of benzene rings is 1. The van der Waals surface area contributed by atoms with E-state index in [1.54, 1.807) is 13.0 Å². The van der Waals surface area contributed by atoms with Crippen molar-refractivity contribution in [1.82, 2.24) is 0 Å². The number of rotatable bonds is 3. The summed E-state index contributed by atoms with van der Waals surface area (Å²) < 4.78 is 0. The highest BCUT2D eigenvalue weighted by atomic mass is 35.5. The third kappa shape index (κ3) is 3.21. The minimum absolute atomic E-state index is 0.563. The Labute approximate surface area is 83.7 Å². The van der Waals surface area contributed by atoms with Gasteiger partial charge >= 0.3 is 0 Å². The van der Waals surface area contributed by atoms with Crippen molar-refractivity contribution < 1.29 is 5.11 Å². The zero-order valence-electron chi connectivity index (χ0n) is 7.63. The van der Waals surface area contributed by atoms with Gasteiger partial charge in [-0.2, -0.15) is 0 Å². The molecule has 0 bridgehead atoms. The maximum absolute atomic E-state index is 9.69. The first-order valence-electron chi connectivity index (χ1n) is 4.14. The van der Waals surface area contributed by atoms with Gasteiger partial charge in [0.2, 0.25) is 0 Å². The van der Waals surface area contributed by atoms with Crippen LogP contribution in [0.2, 0.25) is 5.02 Å². The molecule has 0 aliphatic heterocycles. The largest absolute Gasteiger partial charge is 0.386 e. The highest BCUT2D eigenvalue weighted by molar-refractivity contribution is 6.30. The van der Waals surface area contributed by atoms with Gasteiger partial charge in [-0.15, -0.1) is 6.58 Å². The summed E-state index contributed by atoms with van der Waals surface area (Å²) in [6.45, 7) is 5.30. The second-order valence-corrected chi connectivity index (χ2v) is 3.80. The molecule has 0 heterocycles. The molecule has 0 aromatic heterocycles. The van der Waals surface area contributed by atoms with Gasteiger partial charge in [0.05, 0.1) is 5.60 Å². The molecule has 1 rings (SSSR count). The number of hydrogen-bond donors (Lipinski definition) is 1. The van der Waals surface area contributed by atoms with E-state index in [1.807, 2.05) is 24.3 Å². The van der Waals surface area contributed by atoms with Crippen LogP contribution in [0.25, 0.3) is 0 Å². The van der Waals surface area contributed by atoms with Crippen LogP contribution in [0, 0.1) is 0 Å². The van der Waals surface area contributed by atoms with Crippen LogP contribution in [0.3, 0.4) is 0 Å². The Morgan fingerprint density at radius 2 is 2.00 bits per heavy atom. The second kappa shape index (κ2) is 3.95. The van der Waals surface area contributed by atoms with Crippen molar-refractivity contribution in [3.63, 3.8) is 0 Å². The van der Waals surface area contributed by atoms with Crippen molar-refractivity contribution in [2.45, 2.75) is 18.9 Å². The molecule has 0 saturated carbocycles. The maximum Gasteiger partial charge on any atom is 0.0837 e. The zero-order chi connectivity index (χ0) is 9.90. The number of halogens is 1. The molecule has 2 heteroatoms. The molecule has 0 aliphatic carbocycles. The lowest BCUT2D eigenvalue weighted by Gasteiger charge is -2.18. The van der Waals surface area contributed by atoms with Crippen LogP contribution in [0.4, 0.5) is 0 Å². The molecule has 13 heavy (non-hydrogen) atoms. The Kier molecular flexibility index (Phi) is 3.12. The van der Waals surface area contributed by atoms with Crippen LogP contribution in [0.1, 0.15) is 12.5 Å². The highest BCUT2D eigenvalue weighted by Gasteiger charge is 2.15. The topological polar surface area (TPSA) is 20.2 Å². The van der Waals surface area contributed by atoms with E-state index in [0.717, 1.165) is 5.56 Å². The third-order valence-corrected chi connectivity index (χ3v) is 2.17. The molecule has 1 nitrogen and oxygen atoms in total. The molecule has 0 amide bonds. The van der Waals surface area contributed by atoms with Crippen molar-refractivity contribution in [2.75, 3.05) is 0 Å². The molecule has 0 radical (unpaired) electrons. The predicted octanol–water partition coefficient (Wildman–Crippen LogP) is 2.82. The van der Waals surface area contributed by atoms with Gasteiger partial charge in [0.15, 0.2) is 0 Å². The van der Waals surface area contributed by atoms with Crippen molar-refractivity contribution in [3.8, 4) is 0 Å². The van der Waals surface area contributed by atoms with Crippen LogP contribution in [-0.2, 0) is 6.42 Å². The van der Waals surface area contributed by atoms with E-state index in [9.17, 15) is 5.11 Å². The fourth-order valence-corrected chi connectivity index (χ4v) is 1.21. The summed E-state index contributed by atoms with van der Waals surface area (Å²) >= 11 is 5.73. The zero-order valence-corrected chi connectivity index (χ0v) is 8.38.